The molecular formula is C24H22F3N7O. The minimum absolute atomic E-state index is 0.211. The van der Waals surface area contributed by atoms with Crippen LogP contribution in [-0.2, 0) is 19.6 Å². The van der Waals surface area contributed by atoms with E-state index in [9.17, 15) is 18.0 Å². The molecule has 0 aliphatic rings. The average molecular weight is 481 g/mol. The number of nitrogens with zero attached hydrogens (tertiary/aromatic N) is 5. The lowest BCUT2D eigenvalue weighted by Gasteiger charge is -2.10. The maximum absolute atomic E-state index is 13.0. The molecule has 5 aromatic rings. The smallest absolute Gasteiger partial charge is 0.352 e. The number of rotatable bonds is 6. The number of alkyl halides is 3. The molecule has 0 unspecified atom stereocenters. The quantitative estimate of drug-likeness (QED) is 0.353. The number of aromatic nitrogens is 6. The summed E-state index contributed by atoms with van der Waals surface area (Å²) in [5, 5.41) is 15.9. The highest BCUT2D eigenvalue weighted by atomic mass is 19.4. The van der Waals surface area contributed by atoms with Crippen molar-refractivity contribution in [2.24, 2.45) is 7.05 Å². The summed E-state index contributed by atoms with van der Waals surface area (Å²) in [6.07, 6.45) is -1.23. The van der Waals surface area contributed by atoms with E-state index in [0.29, 0.717) is 42.1 Å². The zero-order valence-corrected chi connectivity index (χ0v) is 19.0. The zero-order chi connectivity index (χ0) is 24.7. The van der Waals surface area contributed by atoms with Gasteiger partial charge in [-0.05, 0) is 55.8 Å². The molecule has 180 valence electrons. The topological polar surface area (TPSA) is 93.4 Å². The van der Waals surface area contributed by atoms with Gasteiger partial charge in [-0.2, -0.15) is 23.4 Å². The molecule has 0 aliphatic heterocycles. The number of carbonyl (C=O) groups is 1. The van der Waals surface area contributed by atoms with Crippen molar-refractivity contribution >= 4 is 27.8 Å². The number of benzene rings is 2. The van der Waals surface area contributed by atoms with Crippen molar-refractivity contribution in [3.8, 4) is 5.69 Å². The van der Waals surface area contributed by atoms with Gasteiger partial charge in [-0.15, -0.1) is 0 Å². The summed E-state index contributed by atoms with van der Waals surface area (Å²) in [6.45, 7) is 2.30. The summed E-state index contributed by atoms with van der Waals surface area (Å²) >= 11 is 0. The van der Waals surface area contributed by atoms with Crippen LogP contribution in [0.15, 0.2) is 48.7 Å². The van der Waals surface area contributed by atoms with Gasteiger partial charge in [0, 0.05) is 48.2 Å². The van der Waals surface area contributed by atoms with Gasteiger partial charge in [0.2, 0.25) is 0 Å². The molecule has 3 aromatic heterocycles. The Morgan fingerprint density at radius 2 is 1.89 bits per heavy atom. The van der Waals surface area contributed by atoms with Crippen LogP contribution in [0.2, 0.25) is 0 Å². The first-order valence-corrected chi connectivity index (χ1v) is 11.0. The fourth-order valence-electron chi connectivity index (χ4n) is 4.15. The fourth-order valence-corrected chi connectivity index (χ4v) is 4.15. The predicted molar refractivity (Wildman–Crippen MR) is 124 cm³/mol. The minimum atomic E-state index is -4.41. The van der Waals surface area contributed by atoms with Crippen LogP contribution in [0.4, 0.5) is 13.2 Å². The molecule has 5 rings (SSSR count). The van der Waals surface area contributed by atoms with Gasteiger partial charge >= 0.3 is 6.18 Å². The zero-order valence-electron chi connectivity index (χ0n) is 19.0. The Balaban J connectivity index is 1.42. The first kappa shape index (κ1) is 22.6. The standard InChI is InChI=1S/C24H22F3N7O/c1-14-29-21(31-30-14)4-3-11-28-23(35)15-5-10-20-18(12-15)19-13-33(2)32-22(19)34(20)17-8-6-16(7-9-17)24(25,26)27/h5-10,12-13H,3-4,11H2,1-2H3,(H,28,35)(H,29,30,31). The second-order valence-corrected chi connectivity index (χ2v) is 8.35. The molecule has 0 saturated heterocycles. The van der Waals surface area contributed by atoms with Crippen LogP contribution >= 0.6 is 0 Å². The Morgan fingerprint density at radius 1 is 1.11 bits per heavy atom. The molecule has 2 N–H and O–H groups in total. The van der Waals surface area contributed by atoms with E-state index in [1.54, 1.807) is 34.5 Å². The van der Waals surface area contributed by atoms with E-state index in [4.69, 9.17) is 0 Å². The lowest BCUT2D eigenvalue weighted by molar-refractivity contribution is -0.137. The maximum Gasteiger partial charge on any atom is 0.416 e. The molecule has 0 spiro atoms. The first-order valence-electron chi connectivity index (χ1n) is 11.0. The summed E-state index contributed by atoms with van der Waals surface area (Å²) in [7, 11) is 1.77. The van der Waals surface area contributed by atoms with Crippen molar-refractivity contribution < 1.29 is 18.0 Å². The summed E-state index contributed by atoms with van der Waals surface area (Å²) in [4.78, 5) is 17.0. The lowest BCUT2D eigenvalue weighted by Crippen LogP contribution is -2.24. The van der Waals surface area contributed by atoms with E-state index in [1.165, 1.54) is 12.1 Å². The maximum atomic E-state index is 13.0. The first-order chi connectivity index (χ1) is 16.7. The molecule has 35 heavy (non-hydrogen) atoms. The molecular weight excluding hydrogens is 459 g/mol. The van der Waals surface area contributed by atoms with Gasteiger partial charge in [0.05, 0.1) is 11.1 Å². The van der Waals surface area contributed by atoms with Crippen molar-refractivity contribution in [3.05, 3.63) is 71.4 Å². The van der Waals surface area contributed by atoms with Gasteiger partial charge in [0.25, 0.3) is 5.91 Å². The van der Waals surface area contributed by atoms with Crippen LogP contribution in [0.1, 0.15) is 34.0 Å². The molecule has 0 atom stereocenters. The van der Waals surface area contributed by atoms with Crippen molar-refractivity contribution in [2.75, 3.05) is 6.54 Å². The number of carbonyl (C=O) groups excluding carboxylic acids is 1. The molecule has 0 saturated carbocycles. The van der Waals surface area contributed by atoms with Gasteiger partial charge < -0.3 is 5.32 Å². The van der Waals surface area contributed by atoms with Gasteiger partial charge in [0.1, 0.15) is 5.82 Å². The molecule has 11 heteroatoms. The van der Waals surface area contributed by atoms with Gasteiger partial charge in [0.15, 0.2) is 11.5 Å². The second-order valence-electron chi connectivity index (χ2n) is 8.35. The van der Waals surface area contributed by atoms with E-state index in [2.05, 4.69) is 25.6 Å². The normalized spacial score (nSPS) is 12.0. The fraction of sp³-hybridized carbons (Fsp3) is 0.250. The molecule has 0 bridgehead atoms. The third kappa shape index (κ3) is 4.36. The molecule has 0 aliphatic carbocycles. The van der Waals surface area contributed by atoms with Gasteiger partial charge in [-0.25, -0.2) is 4.98 Å². The van der Waals surface area contributed by atoms with Crippen LogP contribution in [0.25, 0.3) is 27.6 Å². The Hall–Kier alpha value is -4.15. The van der Waals surface area contributed by atoms with E-state index in [0.717, 1.165) is 34.2 Å². The number of fused-ring (bicyclic) bond motifs is 3. The average Bonchev–Trinajstić information content (AvgIpc) is 3.49. The number of hydrogen-bond acceptors (Lipinski definition) is 4. The highest BCUT2D eigenvalue weighted by Crippen LogP contribution is 2.34. The van der Waals surface area contributed by atoms with Crippen LogP contribution in [-0.4, -0.2) is 42.0 Å². The molecule has 2 aromatic carbocycles. The minimum Gasteiger partial charge on any atom is -0.352 e. The number of aromatic amines is 1. The second kappa shape index (κ2) is 8.57. The third-order valence-electron chi connectivity index (χ3n) is 5.77. The van der Waals surface area contributed by atoms with Gasteiger partial charge in [-0.3, -0.25) is 19.1 Å². The van der Waals surface area contributed by atoms with Crippen molar-refractivity contribution in [1.82, 2.24) is 34.8 Å². The molecule has 0 radical (unpaired) electrons. The number of aryl methyl sites for hydroxylation is 3. The van der Waals surface area contributed by atoms with E-state index >= 15 is 0 Å². The monoisotopic (exact) mass is 481 g/mol. The van der Waals surface area contributed by atoms with Crippen LogP contribution < -0.4 is 5.32 Å². The third-order valence-corrected chi connectivity index (χ3v) is 5.77. The molecule has 1 amide bonds. The van der Waals surface area contributed by atoms with E-state index < -0.39 is 11.7 Å². The number of halogens is 3. The Morgan fingerprint density at radius 3 is 2.57 bits per heavy atom. The highest BCUT2D eigenvalue weighted by Gasteiger charge is 2.30. The summed E-state index contributed by atoms with van der Waals surface area (Å²) in [5.41, 5.74) is 1.67. The molecule has 0 fully saturated rings. The van der Waals surface area contributed by atoms with Crippen molar-refractivity contribution in [3.63, 3.8) is 0 Å². The summed E-state index contributed by atoms with van der Waals surface area (Å²) in [5.74, 6) is 1.25. The molecule has 3 heterocycles. The largest absolute Gasteiger partial charge is 0.416 e. The van der Waals surface area contributed by atoms with Crippen LogP contribution in [0, 0.1) is 6.92 Å². The predicted octanol–water partition coefficient (Wildman–Crippen LogP) is 4.33. The number of amides is 1. The highest BCUT2D eigenvalue weighted by molar-refractivity contribution is 6.10. The van der Waals surface area contributed by atoms with Crippen molar-refractivity contribution in [1.29, 1.82) is 0 Å². The Labute approximate surface area is 197 Å². The number of hydrogen-bond donors (Lipinski definition) is 2. The van der Waals surface area contributed by atoms with Crippen molar-refractivity contribution in [2.45, 2.75) is 25.9 Å². The van der Waals surface area contributed by atoms with E-state index in [-0.39, 0.29) is 5.91 Å². The Bertz CT molecular complexity index is 1530. The Kier molecular flexibility index (Phi) is 5.54. The van der Waals surface area contributed by atoms with Crippen LogP contribution in [0.5, 0.6) is 0 Å². The summed E-state index contributed by atoms with van der Waals surface area (Å²) in [6, 6.07) is 10.2. The SMILES string of the molecule is Cc1nc(CCCNC(=O)c2ccc3c(c2)c2cn(C)nc2n3-c2ccc(C(F)(F)F)cc2)n[nH]1. The number of H-pyrrole nitrogens is 1. The van der Waals surface area contributed by atoms with Gasteiger partial charge in [-0.1, -0.05) is 0 Å². The van der Waals surface area contributed by atoms with Crippen LogP contribution in [0.3, 0.4) is 0 Å². The number of nitrogens with one attached hydrogen (secondary N) is 2. The lowest BCUT2D eigenvalue weighted by atomic mass is 10.1. The molecule has 8 nitrogen and oxygen atoms in total. The summed E-state index contributed by atoms with van der Waals surface area (Å²) < 4.78 is 42.5. The van der Waals surface area contributed by atoms with E-state index in [1.807, 2.05) is 13.1 Å².